The van der Waals surface area contributed by atoms with E-state index >= 15 is 4.39 Å². The minimum atomic E-state index is -1.65. The second-order valence-electron chi connectivity index (χ2n) is 8.14. The molecule has 5 rings (SSSR count). The zero-order valence-electron chi connectivity index (χ0n) is 19.6. The van der Waals surface area contributed by atoms with E-state index in [2.05, 4.69) is 14.9 Å². The second kappa shape index (κ2) is 9.38. The zero-order valence-corrected chi connectivity index (χ0v) is 20.4. The van der Waals surface area contributed by atoms with Crippen LogP contribution < -0.4 is 15.0 Å². The number of rotatable bonds is 6. The number of benzene rings is 3. The van der Waals surface area contributed by atoms with Crippen LogP contribution in [-0.4, -0.2) is 26.0 Å². The van der Waals surface area contributed by atoms with E-state index in [9.17, 15) is 9.00 Å². The summed E-state index contributed by atoms with van der Waals surface area (Å²) in [4.78, 5) is 17.5. The molecule has 0 amide bonds. The van der Waals surface area contributed by atoms with E-state index in [0.29, 0.717) is 38.6 Å². The van der Waals surface area contributed by atoms with Gasteiger partial charge in [0.25, 0.3) is 5.56 Å². The van der Waals surface area contributed by atoms with Crippen LogP contribution in [0.4, 0.5) is 10.2 Å². The van der Waals surface area contributed by atoms with Crippen molar-refractivity contribution in [1.29, 1.82) is 0 Å². The highest BCUT2D eigenvalue weighted by atomic mass is 32.2. The van der Waals surface area contributed by atoms with E-state index in [1.165, 1.54) is 30.1 Å². The van der Waals surface area contributed by atoms with E-state index in [1.54, 1.807) is 24.3 Å². The smallest absolute Gasteiger partial charge is 0.274 e. The van der Waals surface area contributed by atoms with Gasteiger partial charge in [-0.3, -0.25) is 14.1 Å². The normalized spacial score (nSPS) is 12.0. The Morgan fingerprint density at radius 1 is 1.06 bits per heavy atom. The number of anilines is 1. The molecule has 182 valence electrons. The number of aromatic nitrogens is 3. The molecule has 1 atom stereocenters. The number of methoxy groups -OCH3 is 1. The molecule has 2 heterocycles. The number of ether oxygens (including phenoxy) is 1. The zero-order chi connectivity index (χ0) is 25.4. The van der Waals surface area contributed by atoms with Crippen molar-refractivity contribution in [3.63, 3.8) is 0 Å². The van der Waals surface area contributed by atoms with Crippen LogP contribution in [0.25, 0.3) is 27.8 Å². The maximum atomic E-state index is 15.4. The molecule has 2 aromatic heterocycles. The minimum Gasteiger partial charge on any atom is -0.495 e. The first-order valence-electron chi connectivity index (χ1n) is 10.9. The fourth-order valence-corrected chi connectivity index (χ4v) is 4.71. The van der Waals surface area contributed by atoms with Crippen molar-refractivity contribution in [2.24, 2.45) is 0 Å². The Labute approximate surface area is 207 Å². The van der Waals surface area contributed by atoms with Crippen molar-refractivity contribution in [2.45, 2.75) is 18.7 Å². The lowest BCUT2D eigenvalue weighted by molar-refractivity contribution is 0.412. The molecular weight excluding hydrogens is 483 g/mol. The summed E-state index contributed by atoms with van der Waals surface area (Å²) in [5, 5.41) is 3.69. The highest BCUT2D eigenvalue weighted by Crippen LogP contribution is 2.34. The maximum Gasteiger partial charge on any atom is 0.274 e. The van der Waals surface area contributed by atoms with Gasteiger partial charge in [-0.05, 0) is 54.8 Å². The second-order valence-corrected chi connectivity index (χ2v) is 9.35. The molecule has 0 fully saturated rings. The first-order valence-corrected chi connectivity index (χ1v) is 12.1. The van der Waals surface area contributed by atoms with Gasteiger partial charge in [0.1, 0.15) is 17.8 Å². The van der Waals surface area contributed by atoms with Gasteiger partial charge in [0.2, 0.25) is 0 Å². The van der Waals surface area contributed by atoms with Crippen molar-refractivity contribution in [2.75, 3.05) is 11.8 Å². The molecule has 0 aliphatic rings. The van der Waals surface area contributed by atoms with Gasteiger partial charge in [0, 0.05) is 17.7 Å². The number of fused-ring (bicyclic) bond motifs is 1. The van der Waals surface area contributed by atoms with Crippen molar-refractivity contribution in [3.05, 3.63) is 94.4 Å². The maximum absolute atomic E-state index is 15.4. The summed E-state index contributed by atoms with van der Waals surface area (Å²) in [5.74, 6) is 0.135. The monoisotopic (exact) mass is 504 g/mol. The van der Waals surface area contributed by atoms with Gasteiger partial charge in [-0.15, -0.1) is 0 Å². The van der Waals surface area contributed by atoms with Crippen LogP contribution >= 0.6 is 0 Å². The van der Waals surface area contributed by atoms with Gasteiger partial charge in [-0.25, -0.2) is 13.6 Å². The molecule has 10 heteroatoms. The van der Waals surface area contributed by atoms with Crippen LogP contribution in [0.1, 0.15) is 11.1 Å². The fourth-order valence-electron chi connectivity index (χ4n) is 3.89. The van der Waals surface area contributed by atoms with Gasteiger partial charge in [-0.1, -0.05) is 23.4 Å². The molecule has 1 unspecified atom stereocenters. The number of hydrogen-bond donors (Lipinski definition) is 1. The minimum absolute atomic E-state index is 0.231. The van der Waals surface area contributed by atoms with Crippen LogP contribution in [0.3, 0.4) is 0 Å². The van der Waals surface area contributed by atoms with Crippen LogP contribution in [0.15, 0.2) is 81.3 Å². The Kier molecular flexibility index (Phi) is 6.11. The predicted molar refractivity (Wildman–Crippen MR) is 135 cm³/mol. The Hall–Kier alpha value is -4.31. The summed E-state index contributed by atoms with van der Waals surface area (Å²) in [7, 11) is -0.183. The SMILES string of the molecule is COc1cc(-c2ccc(C)c(C)c2)c(F)cc1-n1c(=O)cnc2cc(S(=O)Nc3ccon3)ccc21. The van der Waals surface area contributed by atoms with Crippen LogP contribution in [0.2, 0.25) is 0 Å². The van der Waals surface area contributed by atoms with Crippen molar-refractivity contribution in [3.8, 4) is 22.6 Å². The van der Waals surface area contributed by atoms with Gasteiger partial charge < -0.3 is 9.26 Å². The van der Waals surface area contributed by atoms with Gasteiger partial charge in [-0.2, -0.15) is 0 Å². The van der Waals surface area contributed by atoms with Crippen molar-refractivity contribution < 1.29 is 17.9 Å². The standard InChI is InChI=1S/C26H21FN4O4S/c1-15-4-5-17(10-16(15)2)19-12-24(34-3)23(13-20(19)27)31-22-7-6-18(11-21(22)28-14-26(31)32)36(33)30-25-8-9-35-29-25/h4-14H,1-3H3,(H,29,30). The molecule has 0 saturated heterocycles. The molecule has 0 radical (unpaired) electrons. The summed E-state index contributed by atoms with van der Waals surface area (Å²) in [5.41, 5.74) is 3.78. The Balaban J connectivity index is 1.61. The molecule has 5 aromatic rings. The topological polar surface area (TPSA) is 99.2 Å². The average Bonchev–Trinajstić information content (AvgIpc) is 3.38. The molecule has 36 heavy (non-hydrogen) atoms. The molecule has 0 bridgehead atoms. The molecule has 0 spiro atoms. The number of aryl methyl sites for hydroxylation is 2. The summed E-state index contributed by atoms with van der Waals surface area (Å²) in [6, 6.07) is 14.9. The Morgan fingerprint density at radius 2 is 1.89 bits per heavy atom. The first kappa shape index (κ1) is 23.4. The van der Waals surface area contributed by atoms with E-state index < -0.39 is 22.4 Å². The summed E-state index contributed by atoms with van der Waals surface area (Å²) in [6.45, 7) is 3.96. The van der Waals surface area contributed by atoms with Crippen molar-refractivity contribution in [1.82, 2.24) is 14.7 Å². The molecule has 0 aliphatic heterocycles. The molecule has 1 N–H and O–H groups in total. The number of halogens is 1. The predicted octanol–water partition coefficient (Wildman–Crippen LogP) is 4.94. The van der Waals surface area contributed by atoms with E-state index in [-0.39, 0.29) is 5.69 Å². The quantitative estimate of drug-likeness (QED) is 0.352. The lowest BCUT2D eigenvalue weighted by Gasteiger charge is -2.16. The lowest BCUT2D eigenvalue weighted by Crippen LogP contribution is -2.20. The number of nitrogens with zero attached hydrogens (tertiary/aromatic N) is 3. The third-order valence-corrected chi connectivity index (χ3v) is 6.98. The third kappa shape index (κ3) is 4.27. The van der Waals surface area contributed by atoms with Crippen LogP contribution in [0.5, 0.6) is 5.75 Å². The highest BCUT2D eigenvalue weighted by molar-refractivity contribution is 7.86. The Morgan fingerprint density at radius 3 is 2.61 bits per heavy atom. The van der Waals surface area contributed by atoms with E-state index in [0.717, 1.165) is 17.3 Å². The summed E-state index contributed by atoms with van der Waals surface area (Å²) >= 11 is 0. The van der Waals surface area contributed by atoms with Gasteiger partial charge >= 0.3 is 0 Å². The lowest BCUT2D eigenvalue weighted by atomic mass is 9.99. The molecule has 8 nitrogen and oxygen atoms in total. The Bertz CT molecular complexity index is 1680. The van der Waals surface area contributed by atoms with Gasteiger partial charge in [0.05, 0.1) is 34.9 Å². The van der Waals surface area contributed by atoms with E-state index in [4.69, 9.17) is 9.26 Å². The molecular formula is C26H21FN4O4S. The largest absolute Gasteiger partial charge is 0.495 e. The molecule has 0 saturated carbocycles. The third-order valence-electron chi connectivity index (χ3n) is 5.90. The summed E-state index contributed by atoms with van der Waals surface area (Å²) < 4.78 is 42.5. The van der Waals surface area contributed by atoms with Crippen molar-refractivity contribution >= 4 is 27.8 Å². The number of hydrogen-bond acceptors (Lipinski definition) is 6. The van der Waals surface area contributed by atoms with E-state index in [1.807, 2.05) is 32.0 Å². The average molecular weight is 505 g/mol. The molecule has 0 aliphatic carbocycles. The van der Waals surface area contributed by atoms with Crippen LogP contribution in [-0.2, 0) is 11.0 Å². The highest BCUT2D eigenvalue weighted by Gasteiger charge is 2.18. The van der Waals surface area contributed by atoms with Gasteiger partial charge in [0.15, 0.2) is 16.8 Å². The molecule has 3 aromatic carbocycles. The fraction of sp³-hybridized carbons (Fsp3) is 0.115. The number of nitrogens with one attached hydrogen (secondary N) is 1. The van der Waals surface area contributed by atoms with Crippen LogP contribution in [0, 0.1) is 19.7 Å². The summed E-state index contributed by atoms with van der Waals surface area (Å²) in [6.07, 6.45) is 2.49. The first-order chi connectivity index (χ1) is 17.4.